The molecule has 102 heavy (non-hydrogen) atoms. The van der Waals surface area contributed by atoms with Crippen molar-refractivity contribution < 1.29 is 80.2 Å². The summed E-state index contributed by atoms with van der Waals surface area (Å²) >= 11 is 0. The van der Waals surface area contributed by atoms with Gasteiger partial charge in [-0.15, -0.1) is 0 Å². The Kier molecular flexibility index (Phi) is 71.0. The summed E-state index contributed by atoms with van der Waals surface area (Å²) in [5.41, 5.74) is 0. The van der Waals surface area contributed by atoms with E-state index in [4.69, 9.17) is 37.0 Å². The fraction of sp³-hybridized carbons (Fsp3) is 0.687. The van der Waals surface area contributed by atoms with E-state index in [1.807, 2.05) is 0 Å². The summed E-state index contributed by atoms with van der Waals surface area (Å²) in [6, 6.07) is 0. The number of esters is 4. The summed E-state index contributed by atoms with van der Waals surface area (Å²) in [5, 5.41) is 10.6. The molecule has 19 heteroatoms. The van der Waals surface area contributed by atoms with Crippen LogP contribution in [0, 0.1) is 0 Å². The lowest BCUT2D eigenvalue weighted by Crippen LogP contribution is -2.30. The number of hydrogen-bond acceptors (Lipinski definition) is 15. The fourth-order valence-electron chi connectivity index (χ4n) is 10.2. The highest BCUT2D eigenvalue weighted by molar-refractivity contribution is 7.47. The number of allylic oxidation sites excluding steroid dienone is 22. The van der Waals surface area contributed by atoms with Gasteiger partial charge in [0.1, 0.15) is 19.3 Å². The van der Waals surface area contributed by atoms with Gasteiger partial charge in [0, 0.05) is 25.7 Å². The Bertz CT molecular complexity index is 2460. The summed E-state index contributed by atoms with van der Waals surface area (Å²) in [5.74, 6) is -2.24. The third kappa shape index (κ3) is 73.5. The van der Waals surface area contributed by atoms with E-state index in [-0.39, 0.29) is 25.7 Å². The fourth-order valence-corrected chi connectivity index (χ4v) is 11.8. The molecule has 0 aromatic heterocycles. The van der Waals surface area contributed by atoms with Gasteiger partial charge in [-0.05, 0) is 154 Å². The highest BCUT2D eigenvalue weighted by Crippen LogP contribution is 2.45. The molecule has 0 fully saturated rings. The van der Waals surface area contributed by atoms with E-state index >= 15 is 0 Å². The number of phosphoric ester groups is 2. The maximum atomic E-state index is 13.1. The van der Waals surface area contributed by atoms with Crippen LogP contribution in [0.5, 0.6) is 0 Å². The molecule has 0 aliphatic heterocycles. The molecule has 0 aromatic rings. The van der Waals surface area contributed by atoms with Gasteiger partial charge in [0.2, 0.25) is 0 Å². The van der Waals surface area contributed by atoms with Crippen LogP contribution in [-0.4, -0.2) is 96.7 Å². The summed E-state index contributed by atoms with van der Waals surface area (Å²) in [7, 11) is -9.98. The Labute approximate surface area is 618 Å². The lowest BCUT2D eigenvalue weighted by Gasteiger charge is -2.21. The molecule has 0 spiro atoms. The molecular formula is C83H140O17P2. The first-order valence-electron chi connectivity index (χ1n) is 39.4. The SMILES string of the molecule is CC/C=C\C/C=C\C/C=C\CCCCCCCCCC(=O)OCC(COP(=O)(O)OCC(O)COP(=O)(O)OCC(COC(=O)CCCCCCC/C=C\C/C=C\C/C=C\CC)OC(=O)CCCCCCC/C=C\C/C=C\CCCCC)OC(=O)CCCCCCC/C=C\C/C=C\C/C=C\CC. The molecule has 0 aliphatic rings. The van der Waals surface area contributed by atoms with E-state index in [1.54, 1.807) is 0 Å². The number of hydrogen-bond donors (Lipinski definition) is 3. The minimum Gasteiger partial charge on any atom is -0.462 e. The normalized spacial score (nSPS) is 14.6. The lowest BCUT2D eigenvalue weighted by atomic mass is 10.1. The van der Waals surface area contributed by atoms with Crippen molar-refractivity contribution in [1.82, 2.24) is 0 Å². The minimum absolute atomic E-state index is 0.0697. The zero-order chi connectivity index (χ0) is 74.6. The molecule has 17 nitrogen and oxygen atoms in total. The van der Waals surface area contributed by atoms with E-state index in [1.165, 1.54) is 19.3 Å². The molecule has 0 heterocycles. The number of ether oxygens (including phenoxy) is 4. The topological polar surface area (TPSA) is 237 Å². The van der Waals surface area contributed by atoms with Crippen LogP contribution < -0.4 is 0 Å². The molecule has 0 saturated carbocycles. The highest BCUT2D eigenvalue weighted by atomic mass is 31.2. The molecule has 584 valence electrons. The average molecular weight is 1470 g/mol. The molecular weight excluding hydrogens is 1330 g/mol. The van der Waals surface area contributed by atoms with Crippen molar-refractivity contribution in [2.45, 2.75) is 329 Å². The van der Waals surface area contributed by atoms with Gasteiger partial charge in [0.15, 0.2) is 12.2 Å². The third-order valence-electron chi connectivity index (χ3n) is 16.1. The average Bonchev–Trinajstić information content (AvgIpc) is 0.923. The summed E-state index contributed by atoms with van der Waals surface area (Å²) in [6.07, 6.45) is 82.8. The van der Waals surface area contributed by atoms with E-state index in [2.05, 4.69) is 161 Å². The van der Waals surface area contributed by atoms with E-state index in [9.17, 15) is 43.2 Å². The van der Waals surface area contributed by atoms with E-state index in [0.29, 0.717) is 25.7 Å². The van der Waals surface area contributed by atoms with Crippen LogP contribution in [0.4, 0.5) is 0 Å². The van der Waals surface area contributed by atoms with Crippen LogP contribution in [0.25, 0.3) is 0 Å². The number of phosphoric acid groups is 2. The van der Waals surface area contributed by atoms with Crippen molar-refractivity contribution in [3.8, 4) is 0 Å². The predicted molar refractivity (Wildman–Crippen MR) is 418 cm³/mol. The van der Waals surface area contributed by atoms with Gasteiger partial charge < -0.3 is 33.8 Å². The maximum Gasteiger partial charge on any atom is 0.472 e. The molecule has 0 saturated heterocycles. The molecule has 5 atom stereocenters. The first kappa shape index (κ1) is 97.2. The van der Waals surface area contributed by atoms with Crippen molar-refractivity contribution in [2.75, 3.05) is 39.6 Å². The Morgan fingerprint density at radius 2 is 0.510 bits per heavy atom. The second-order valence-electron chi connectivity index (χ2n) is 25.9. The lowest BCUT2D eigenvalue weighted by molar-refractivity contribution is -0.161. The van der Waals surface area contributed by atoms with Crippen LogP contribution >= 0.6 is 15.6 Å². The second kappa shape index (κ2) is 74.5. The molecule has 0 aliphatic carbocycles. The first-order chi connectivity index (χ1) is 49.7. The van der Waals surface area contributed by atoms with Crippen LogP contribution in [0.3, 0.4) is 0 Å². The van der Waals surface area contributed by atoms with Gasteiger partial charge in [-0.3, -0.25) is 37.3 Å². The van der Waals surface area contributed by atoms with Gasteiger partial charge in [-0.1, -0.05) is 264 Å². The second-order valence-corrected chi connectivity index (χ2v) is 28.8. The molecule has 0 radical (unpaired) electrons. The number of carbonyl (C=O) groups excluding carboxylic acids is 4. The molecule has 0 bridgehead atoms. The van der Waals surface area contributed by atoms with Crippen molar-refractivity contribution in [3.63, 3.8) is 0 Å². The third-order valence-corrected chi connectivity index (χ3v) is 18.0. The van der Waals surface area contributed by atoms with Crippen LogP contribution in [0.2, 0.25) is 0 Å². The predicted octanol–water partition coefficient (Wildman–Crippen LogP) is 22.9. The Morgan fingerprint density at radius 3 is 0.784 bits per heavy atom. The summed E-state index contributed by atoms with van der Waals surface area (Å²) in [4.78, 5) is 73.0. The van der Waals surface area contributed by atoms with Crippen molar-refractivity contribution >= 4 is 39.5 Å². The number of rotatable bonds is 73. The Hall–Kier alpha value is -4.80. The van der Waals surface area contributed by atoms with Gasteiger partial charge in [-0.25, -0.2) is 9.13 Å². The highest BCUT2D eigenvalue weighted by Gasteiger charge is 2.30. The largest absolute Gasteiger partial charge is 0.472 e. The van der Waals surface area contributed by atoms with Crippen LogP contribution in [-0.2, 0) is 65.4 Å². The first-order valence-corrected chi connectivity index (χ1v) is 42.4. The Morgan fingerprint density at radius 1 is 0.284 bits per heavy atom. The quantitative estimate of drug-likeness (QED) is 0.0169. The molecule has 0 amide bonds. The monoisotopic (exact) mass is 1470 g/mol. The summed E-state index contributed by atoms with van der Waals surface area (Å²) < 4.78 is 68.6. The number of unbranched alkanes of at least 4 members (excludes halogenated alkanes) is 25. The van der Waals surface area contributed by atoms with Crippen LogP contribution in [0.1, 0.15) is 310 Å². The van der Waals surface area contributed by atoms with E-state index < -0.39 is 97.5 Å². The molecule has 0 rings (SSSR count). The van der Waals surface area contributed by atoms with Gasteiger partial charge in [-0.2, -0.15) is 0 Å². The summed E-state index contributed by atoms with van der Waals surface area (Å²) in [6.45, 7) is 4.46. The zero-order valence-electron chi connectivity index (χ0n) is 63.7. The number of carbonyl (C=O) groups is 4. The van der Waals surface area contributed by atoms with Crippen LogP contribution in [0.15, 0.2) is 134 Å². The van der Waals surface area contributed by atoms with Gasteiger partial charge >= 0.3 is 39.5 Å². The van der Waals surface area contributed by atoms with E-state index in [0.717, 1.165) is 212 Å². The van der Waals surface area contributed by atoms with Crippen molar-refractivity contribution in [2.24, 2.45) is 0 Å². The molecule has 5 unspecified atom stereocenters. The Balaban J connectivity index is 5.40. The van der Waals surface area contributed by atoms with Crippen molar-refractivity contribution in [1.29, 1.82) is 0 Å². The van der Waals surface area contributed by atoms with Gasteiger partial charge in [0.25, 0.3) is 0 Å². The smallest absolute Gasteiger partial charge is 0.462 e. The molecule has 0 aromatic carbocycles. The number of aliphatic hydroxyl groups excluding tert-OH is 1. The maximum absolute atomic E-state index is 13.1. The van der Waals surface area contributed by atoms with Crippen molar-refractivity contribution in [3.05, 3.63) is 134 Å². The standard InChI is InChI=1S/C83H140O17P2/c1-5-9-13-17-21-25-29-33-37-38-42-44-48-52-56-60-64-68-81(86)94-74-79(100-83(88)70-66-62-58-54-50-46-41-36-32-28-24-20-16-12-8-4)76-98-102(91,92)96-72-77(84)71-95-101(89,90)97-75-78(99-82(87)69-65-61-57-53-49-45-40-35-31-27-23-19-15-11-7-3)73-93-80(85)67-63-59-55-51-47-43-39-34-30-26-22-18-14-10-6-2/h9-10,12-14,16,21-28,33-37,39-41,77-79,84H,5-8,11,15,17-20,29-32,38,42-76H2,1-4H3,(H,89,90)(H,91,92)/b13-9-,14-10-,16-12-,25-21-,26-22-,27-23-,28-24-,37-33-,39-34-,40-35-,41-36-. The van der Waals surface area contributed by atoms with Gasteiger partial charge in [0.05, 0.1) is 26.4 Å². The minimum atomic E-state index is -4.99. The molecule has 3 N–H and O–H groups in total. The zero-order valence-corrected chi connectivity index (χ0v) is 65.5. The number of aliphatic hydroxyl groups is 1.